The molecule has 1 aromatic carbocycles. The fraction of sp³-hybridized carbons (Fsp3) is 0.562. The Kier molecular flexibility index (Phi) is 4.04. The van der Waals surface area contributed by atoms with E-state index in [1.807, 2.05) is 52.0 Å². The summed E-state index contributed by atoms with van der Waals surface area (Å²) in [5.74, 6) is 0. The number of ether oxygens (including phenoxy) is 1. The fourth-order valence-corrected chi connectivity index (χ4v) is 2.66. The first kappa shape index (κ1) is 14.9. The van der Waals surface area contributed by atoms with Crippen molar-refractivity contribution in [2.45, 2.75) is 51.8 Å². The molecule has 20 heavy (non-hydrogen) atoms. The van der Waals surface area contributed by atoms with E-state index in [0.29, 0.717) is 6.54 Å². The van der Waals surface area contributed by atoms with Gasteiger partial charge < -0.3 is 10.5 Å². The van der Waals surface area contributed by atoms with E-state index in [9.17, 15) is 4.79 Å². The molecule has 1 aliphatic rings. The third-order valence-corrected chi connectivity index (χ3v) is 3.58. The number of amides is 1. The Bertz CT molecular complexity index is 493. The van der Waals surface area contributed by atoms with Crippen LogP contribution in [-0.2, 0) is 4.74 Å². The van der Waals surface area contributed by atoms with Gasteiger partial charge in [0.25, 0.3) is 0 Å². The van der Waals surface area contributed by atoms with Crippen LogP contribution in [0.4, 0.5) is 4.79 Å². The number of benzene rings is 1. The van der Waals surface area contributed by atoms with Crippen molar-refractivity contribution in [3.05, 3.63) is 35.4 Å². The van der Waals surface area contributed by atoms with E-state index in [2.05, 4.69) is 0 Å². The highest BCUT2D eigenvalue weighted by Gasteiger charge is 2.38. The second-order valence-electron chi connectivity index (χ2n) is 6.43. The topological polar surface area (TPSA) is 55.6 Å². The molecule has 0 aromatic heterocycles. The SMILES string of the molecule is Cc1ccccc1C1C(N)CCN1C(=O)OC(C)(C)C. The first-order valence-corrected chi connectivity index (χ1v) is 7.10. The first-order chi connectivity index (χ1) is 9.29. The smallest absolute Gasteiger partial charge is 0.410 e. The van der Waals surface area contributed by atoms with E-state index in [1.165, 1.54) is 0 Å². The van der Waals surface area contributed by atoms with Crippen LogP contribution in [0.3, 0.4) is 0 Å². The summed E-state index contributed by atoms with van der Waals surface area (Å²) in [6.45, 7) is 8.33. The molecule has 1 saturated heterocycles. The summed E-state index contributed by atoms with van der Waals surface area (Å²) in [5.41, 5.74) is 8.01. The molecule has 1 fully saturated rings. The maximum absolute atomic E-state index is 12.3. The highest BCUT2D eigenvalue weighted by Crippen LogP contribution is 2.34. The molecule has 2 unspecified atom stereocenters. The molecule has 0 saturated carbocycles. The molecular weight excluding hydrogens is 252 g/mol. The number of rotatable bonds is 1. The van der Waals surface area contributed by atoms with Gasteiger partial charge >= 0.3 is 6.09 Å². The van der Waals surface area contributed by atoms with Crippen LogP contribution in [-0.4, -0.2) is 29.2 Å². The molecule has 2 N–H and O–H groups in total. The van der Waals surface area contributed by atoms with Gasteiger partial charge in [-0.05, 0) is 45.2 Å². The highest BCUT2D eigenvalue weighted by atomic mass is 16.6. The molecule has 4 heteroatoms. The summed E-state index contributed by atoms with van der Waals surface area (Å²) in [5, 5.41) is 0. The average Bonchev–Trinajstić information content (AvgIpc) is 2.70. The normalized spacial score (nSPS) is 22.9. The summed E-state index contributed by atoms with van der Waals surface area (Å²) in [7, 11) is 0. The predicted octanol–water partition coefficient (Wildman–Crippen LogP) is 3.00. The summed E-state index contributed by atoms with van der Waals surface area (Å²) in [6, 6.07) is 7.95. The lowest BCUT2D eigenvalue weighted by molar-refractivity contribution is 0.0218. The zero-order valence-electron chi connectivity index (χ0n) is 12.7. The highest BCUT2D eigenvalue weighted by molar-refractivity contribution is 5.69. The number of nitrogens with zero attached hydrogens (tertiary/aromatic N) is 1. The second kappa shape index (κ2) is 5.44. The van der Waals surface area contributed by atoms with Crippen molar-refractivity contribution in [3.8, 4) is 0 Å². The minimum Gasteiger partial charge on any atom is -0.444 e. The summed E-state index contributed by atoms with van der Waals surface area (Å²) in [4.78, 5) is 14.1. The van der Waals surface area contributed by atoms with Crippen LogP contribution >= 0.6 is 0 Å². The zero-order valence-corrected chi connectivity index (χ0v) is 12.7. The summed E-state index contributed by atoms with van der Waals surface area (Å²) in [6.07, 6.45) is 0.525. The monoisotopic (exact) mass is 276 g/mol. The lowest BCUT2D eigenvalue weighted by atomic mass is 9.96. The Hall–Kier alpha value is -1.55. The molecule has 2 rings (SSSR count). The van der Waals surface area contributed by atoms with Gasteiger partial charge in [0, 0.05) is 12.6 Å². The van der Waals surface area contributed by atoms with Crippen molar-refractivity contribution >= 4 is 6.09 Å². The minimum absolute atomic E-state index is 0.0383. The number of aryl methyl sites for hydroxylation is 1. The van der Waals surface area contributed by atoms with Crippen LogP contribution in [0.1, 0.15) is 44.4 Å². The molecule has 1 heterocycles. The zero-order chi connectivity index (χ0) is 14.9. The molecule has 0 radical (unpaired) electrons. The Morgan fingerprint density at radius 1 is 1.35 bits per heavy atom. The van der Waals surface area contributed by atoms with Crippen LogP contribution in [0.2, 0.25) is 0 Å². The quantitative estimate of drug-likeness (QED) is 0.858. The van der Waals surface area contributed by atoms with Gasteiger partial charge in [0.05, 0.1) is 6.04 Å². The molecule has 4 nitrogen and oxygen atoms in total. The van der Waals surface area contributed by atoms with E-state index in [4.69, 9.17) is 10.5 Å². The summed E-state index contributed by atoms with van der Waals surface area (Å²) < 4.78 is 5.49. The van der Waals surface area contributed by atoms with Crippen LogP contribution in [0.15, 0.2) is 24.3 Å². The minimum atomic E-state index is -0.486. The van der Waals surface area contributed by atoms with Gasteiger partial charge in [-0.15, -0.1) is 0 Å². The summed E-state index contributed by atoms with van der Waals surface area (Å²) >= 11 is 0. The van der Waals surface area contributed by atoms with E-state index in [-0.39, 0.29) is 18.2 Å². The molecule has 110 valence electrons. The molecule has 0 bridgehead atoms. The average molecular weight is 276 g/mol. The molecule has 0 aliphatic carbocycles. The number of hydrogen-bond acceptors (Lipinski definition) is 3. The van der Waals surface area contributed by atoms with Crippen LogP contribution in [0.25, 0.3) is 0 Å². The second-order valence-corrected chi connectivity index (χ2v) is 6.43. The van der Waals surface area contributed by atoms with Crippen molar-refractivity contribution in [2.24, 2.45) is 5.73 Å². The molecule has 1 amide bonds. The van der Waals surface area contributed by atoms with Crippen molar-refractivity contribution in [2.75, 3.05) is 6.54 Å². The van der Waals surface area contributed by atoms with Crippen LogP contribution < -0.4 is 5.73 Å². The third-order valence-electron chi connectivity index (χ3n) is 3.58. The van der Waals surface area contributed by atoms with E-state index >= 15 is 0 Å². The Morgan fingerprint density at radius 2 is 2.00 bits per heavy atom. The van der Waals surface area contributed by atoms with Gasteiger partial charge in [-0.3, -0.25) is 4.90 Å². The van der Waals surface area contributed by atoms with Gasteiger partial charge in [-0.2, -0.15) is 0 Å². The number of carbonyl (C=O) groups excluding carboxylic acids is 1. The lowest BCUT2D eigenvalue weighted by Crippen LogP contribution is -2.39. The maximum atomic E-state index is 12.3. The van der Waals surface area contributed by atoms with Crippen molar-refractivity contribution in [1.29, 1.82) is 0 Å². The van der Waals surface area contributed by atoms with Crippen molar-refractivity contribution < 1.29 is 9.53 Å². The number of carbonyl (C=O) groups is 1. The van der Waals surface area contributed by atoms with E-state index in [1.54, 1.807) is 4.90 Å². The molecule has 1 aliphatic heterocycles. The van der Waals surface area contributed by atoms with E-state index in [0.717, 1.165) is 17.5 Å². The number of nitrogens with two attached hydrogens (primary N) is 1. The van der Waals surface area contributed by atoms with E-state index < -0.39 is 5.60 Å². The van der Waals surface area contributed by atoms with Crippen LogP contribution in [0.5, 0.6) is 0 Å². The van der Waals surface area contributed by atoms with Gasteiger partial charge in [-0.25, -0.2) is 4.79 Å². The van der Waals surface area contributed by atoms with Gasteiger partial charge in [-0.1, -0.05) is 24.3 Å². The van der Waals surface area contributed by atoms with Crippen molar-refractivity contribution in [1.82, 2.24) is 4.90 Å². The van der Waals surface area contributed by atoms with Gasteiger partial charge in [0.2, 0.25) is 0 Å². The molecule has 2 atom stereocenters. The van der Waals surface area contributed by atoms with Crippen LogP contribution in [0, 0.1) is 6.92 Å². The lowest BCUT2D eigenvalue weighted by Gasteiger charge is -2.30. The third kappa shape index (κ3) is 3.12. The molecule has 1 aromatic rings. The largest absolute Gasteiger partial charge is 0.444 e. The Balaban J connectivity index is 2.26. The molecular formula is C16H24N2O2. The number of hydrogen-bond donors (Lipinski definition) is 1. The maximum Gasteiger partial charge on any atom is 0.410 e. The molecule has 0 spiro atoms. The Morgan fingerprint density at radius 3 is 2.60 bits per heavy atom. The first-order valence-electron chi connectivity index (χ1n) is 7.10. The fourth-order valence-electron chi connectivity index (χ4n) is 2.66. The predicted molar refractivity (Wildman–Crippen MR) is 79.5 cm³/mol. The number of likely N-dealkylation sites (tertiary alicyclic amines) is 1. The standard InChI is InChI=1S/C16H24N2O2/c1-11-7-5-6-8-12(11)14-13(17)9-10-18(14)15(19)20-16(2,3)4/h5-8,13-14H,9-10,17H2,1-4H3. The van der Waals surface area contributed by atoms with Crippen molar-refractivity contribution in [3.63, 3.8) is 0 Å². The van der Waals surface area contributed by atoms with Gasteiger partial charge in [0.15, 0.2) is 0 Å². The Labute approximate surface area is 120 Å². The van der Waals surface area contributed by atoms with Gasteiger partial charge in [0.1, 0.15) is 5.60 Å².